The summed E-state index contributed by atoms with van der Waals surface area (Å²) in [5, 5.41) is 5.83. The largest absolute Gasteiger partial charge is 0.466 e. The van der Waals surface area contributed by atoms with Crippen molar-refractivity contribution < 1.29 is 14.3 Å². The topological polar surface area (TPSA) is 64.4 Å². The van der Waals surface area contributed by atoms with Crippen LogP contribution in [0.2, 0.25) is 10.0 Å². The van der Waals surface area contributed by atoms with Crippen molar-refractivity contribution >= 4 is 35.1 Å². The Kier molecular flexibility index (Phi) is 6.82. The zero-order valence-electron chi connectivity index (χ0n) is 17.6. The van der Waals surface area contributed by atoms with Gasteiger partial charge in [-0.05, 0) is 56.2 Å². The summed E-state index contributed by atoms with van der Waals surface area (Å²) in [7, 11) is 0. The van der Waals surface area contributed by atoms with E-state index in [1.807, 2.05) is 18.2 Å². The number of ether oxygens (including phenoxy) is 1. The van der Waals surface area contributed by atoms with Gasteiger partial charge in [0.1, 0.15) is 5.69 Å². The molecule has 1 amide bonds. The van der Waals surface area contributed by atoms with Crippen LogP contribution in [-0.4, -0.2) is 46.3 Å². The Morgan fingerprint density at radius 1 is 1.12 bits per heavy atom. The summed E-state index contributed by atoms with van der Waals surface area (Å²) >= 11 is 12.4. The van der Waals surface area contributed by atoms with Gasteiger partial charge in [-0.1, -0.05) is 41.4 Å². The van der Waals surface area contributed by atoms with Crippen LogP contribution in [0.3, 0.4) is 0 Å². The number of esters is 1. The molecular formula is C24H23Cl2N3O3. The third-order valence-corrected chi connectivity index (χ3v) is 6.06. The van der Waals surface area contributed by atoms with E-state index >= 15 is 0 Å². The first-order valence-corrected chi connectivity index (χ1v) is 11.3. The number of carbonyl (C=O) groups excluding carboxylic acids is 2. The number of aromatic nitrogens is 2. The second-order valence-corrected chi connectivity index (χ2v) is 8.47. The molecule has 2 heterocycles. The van der Waals surface area contributed by atoms with Crippen LogP contribution in [-0.2, 0) is 9.53 Å². The van der Waals surface area contributed by atoms with Gasteiger partial charge in [-0.3, -0.25) is 9.59 Å². The van der Waals surface area contributed by atoms with Crippen LogP contribution in [0, 0.1) is 5.92 Å². The van der Waals surface area contributed by atoms with Crippen molar-refractivity contribution in [1.82, 2.24) is 14.7 Å². The molecule has 0 spiro atoms. The van der Waals surface area contributed by atoms with Crippen LogP contribution in [0.4, 0.5) is 0 Å². The molecule has 1 atom stereocenters. The summed E-state index contributed by atoms with van der Waals surface area (Å²) in [5.41, 5.74) is 2.42. The third-order valence-electron chi connectivity index (χ3n) is 5.48. The van der Waals surface area contributed by atoms with Gasteiger partial charge in [0.25, 0.3) is 5.91 Å². The molecule has 1 unspecified atom stereocenters. The highest BCUT2D eigenvalue weighted by Gasteiger charge is 2.31. The van der Waals surface area contributed by atoms with Crippen LogP contribution >= 0.6 is 23.2 Å². The molecule has 0 radical (unpaired) electrons. The summed E-state index contributed by atoms with van der Waals surface area (Å²) in [5.74, 6) is -0.768. The molecule has 1 aromatic heterocycles. The van der Waals surface area contributed by atoms with Gasteiger partial charge in [0.15, 0.2) is 0 Å². The van der Waals surface area contributed by atoms with E-state index in [0.717, 1.165) is 12.0 Å². The zero-order chi connectivity index (χ0) is 22.7. The fourth-order valence-electron chi connectivity index (χ4n) is 3.89. The predicted molar refractivity (Wildman–Crippen MR) is 124 cm³/mol. The van der Waals surface area contributed by atoms with Crippen LogP contribution in [0.1, 0.15) is 30.3 Å². The molecule has 1 aliphatic heterocycles. The second kappa shape index (κ2) is 9.76. The van der Waals surface area contributed by atoms with E-state index in [0.29, 0.717) is 53.2 Å². The molecule has 1 fully saturated rings. The molecule has 0 saturated carbocycles. The number of benzene rings is 2. The predicted octanol–water partition coefficient (Wildman–Crippen LogP) is 5.26. The van der Waals surface area contributed by atoms with Crippen molar-refractivity contribution in [1.29, 1.82) is 0 Å². The number of rotatable bonds is 5. The normalized spacial score (nSPS) is 16.1. The fraction of sp³-hybridized carbons (Fsp3) is 0.292. The van der Waals surface area contributed by atoms with E-state index in [1.165, 1.54) is 0 Å². The second-order valence-electron chi connectivity index (χ2n) is 7.63. The van der Waals surface area contributed by atoms with Gasteiger partial charge in [0, 0.05) is 23.7 Å². The maximum absolute atomic E-state index is 13.6. The van der Waals surface area contributed by atoms with E-state index in [9.17, 15) is 9.59 Å². The van der Waals surface area contributed by atoms with Crippen LogP contribution < -0.4 is 0 Å². The highest BCUT2D eigenvalue weighted by molar-refractivity contribution is 6.33. The van der Waals surface area contributed by atoms with Gasteiger partial charge >= 0.3 is 5.97 Å². The molecule has 3 aromatic rings. The quantitative estimate of drug-likeness (QED) is 0.475. The van der Waals surface area contributed by atoms with Crippen LogP contribution in [0.25, 0.3) is 16.9 Å². The van der Waals surface area contributed by atoms with E-state index in [-0.39, 0.29) is 17.8 Å². The third kappa shape index (κ3) is 4.66. The fourth-order valence-corrected chi connectivity index (χ4v) is 4.25. The number of hydrogen-bond donors (Lipinski definition) is 0. The monoisotopic (exact) mass is 471 g/mol. The van der Waals surface area contributed by atoms with Gasteiger partial charge in [-0.15, -0.1) is 0 Å². The summed E-state index contributed by atoms with van der Waals surface area (Å²) in [6, 6.07) is 16.2. The number of piperidine rings is 1. The Morgan fingerprint density at radius 2 is 1.88 bits per heavy atom. The minimum absolute atomic E-state index is 0.195. The average Bonchev–Trinajstić information content (AvgIpc) is 3.25. The molecule has 166 valence electrons. The highest BCUT2D eigenvalue weighted by atomic mass is 35.5. The number of carbonyl (C=O) groups is 2. The van der Waals surface area contributed by atoms with Gasteiger partial charge in [-0.2, -0.15) is 5.10 Å². The lowest BCUT2D eigenvalue weighted by Gasteiger charge is -2.31. The van der Waals surface area contributed by atoms with E-state index in [4.69, 9.17) is 33.0 Å². The summed E-state index contributed by atoms with van der Waals surface area (Å²) in [6.45, 7) is 3.01. The molecule has 32 heavy (non-hydrogen) atoms. The molecule has 8 heteroatoms. The minimum atomic E-state index is -0.317. The average molecular weight is 472 g/mol. The summed E-state index contributed by atoms with van der Waals surface area (Å²) in [6.07, 6.45) is 1.45. The van der Waals surface area contributed by atoms with Gasteiger partial charge < -0.3 is 9.64 Å². The van der Waals surface area contributed by atoms with Crippen molar-refractivity contribution in [2.24, 2.45) is 5.92 Å². The van der Waals surface area contributed by atoms with Crippen molar-refractivity contribution in [3.8, 4) is 16.9 Å². The molecule has 6 nitrogen and oxygen atoms in total. The lowest BCUT2D eigenvalue weighted by atomic mass is 9.98. The molecule has 0 aliphatic carbocycles. The van der Waals surface area contributed by atoms with Crippen molar-refractivity contribution in [2.75, 3.05) is 19.7 Å². The number of halogens is 2. The first kappa shape index (κ1) is 22.4. The van der Waals surface area contributed by atoms with Gasteiger partial charge in [0.05, 0.1) is 28.9 Å². The van der Waals surface area contributed by atoms with Gasteiger partial charge in [-0.25, -0.2) is 4.68 Å². The molecule has 0 N–H and O–H groups in total. The zero-order valence-corrected chi connectivity index (χ0v) is 19.1. The number of nitrogens with zero attached hydrogens (tertiary/aromatic N) is 3. The highest BCUT2D eigenvalue weighted by Crippen LogP contribution is 2.30. The van der Waals surface area contributed by atoms with Crippen LogP contribution in [0.15, 0.2) is 54.6 Å². The standard InChI is InChI=1S/C24H23Cl2N3O3/c1-2-32-24(31)16-6-5-13-28(15-16)23(30)22-14-21(19-7-3-4-8-20(19)26)27-29(22)18-11-9-17(25)10-12-18/h3-4,7-12,14,16H,2,5-6,13,15H2,1H3. The maximum Gasteiger partial charge on any atom is 0.310 e. The Bertz CT molecular complexity index is 1130. The van der Waals surface area contributed by atoms with Crippen molar-refractivity contribution in [3.05, 3.63) is 70.3 Å². The summed E-state index contributed by atoms with van der Waals surface area (Å²) < 4.78 is 6.78. The first-order chi connectivity index (χ1) is 15.5. The minimum Gasteiger partial charge on any atom is -0.466 e. The SMILES string of the molecule is CCOC(=O)C1CCCN(C(=O)c2cc(-c3ccccc3Cl)nn2-c2ccc(Cl)cc2)C1. The smallest absolute Gasteiger partial charge is 0.310 e. The summed E-state index contributed by atoms with van der Waals surface area (Å²) in [4.78, 5) is 27.5. The van der Waals surface area contributed by atoms with Crippen molar-refractivity contribution in [3.63, 3.8) is 0 Å². The van der Waals surface area contributed by atoms with E-state index in [1.54, 1.807) is 52.9 Å². The molecule has 4 rings (SSSR count). The lowest BCUT2D eigenvalue weighted by Crippen LogP contribution is -2.43. The van der Waals surface area contributed by atoms with Gasteiger partial charge in [0.2, 0.25) is 0 Å². The molecule has 1 aliphatic rings. The van der Waals surface area contributed by atoms with Crippen molar-refractivity contribution in [2.45, 2.75) is 19.8 Å². The number of amides is 1. The Hall–Kier alpha value is -2.83. The molecular weight excluding hydrogens is 449 g/mol. The Labute approximate surface area is 196 Å². The van der Waals surface area contributed by atoms with Crippen LogP contribution in [0.5, 0.6) is 0 Å². The Balaban J connectivity index is 1.71. The van der Waals surface area contributed by atoms with E-state index < -0.39 is 0 Å². The lowest BCUT2D eigenvalue weighted by molar-refractivity contribution is -0.149. The molecule has 2 aromatic carbocycles. The first-order valence-electron chi connectivity index (χ1n) is 10.5. The Morgan fingerprint density at radius 3 is 2.59 bits per heavy atom. The molecule has 0 bridgehead atoms. The number of likely N-dealkylation sites (tertiary alicyclic amines) is 1. The molecule has 1 saturated heterocycles. The van der Waals surface area contributed by atoms with E-state index in [2.05, 4.69) is 0 Å². The maximum atomic E-state index is 13.6. The number of hydrogen-bond acceptors (Lipinski definition) is 4.